The number of nitrogens with zero attached hydrogens (tertiary/aromatic N) is 1. The monoisotopic (exact) mass is 537 g/mol. The van der Waals surface area contributed by atoms with Gasteiger partial charge in [-0.3, -0.25) is 0 Å². The molecule has 2 fully saturated rings. The van der Waals surface area contributed by atoms with E-state index >= 15 is 0 Å². The van der Waals surface area contributed by atoms with E-state index < -0.39 is 23.4 Å². The number of nitrogens with one attached hydrogen (secondary N) is 2. The largest absolute Gasteiger partial charge is 0.491 e. The van der Waals surface area contributed by atoms with Gasteiger partial charge in [-0.2, -0.15) is 0 Å². The van der Waals surface area contributed by atoms with E-state index in [0.29, 0.717) is 38.6 Å². The lowest BCUT2D eigenvalue weighted by Gasteiger charge is -2.34. The first-order valence-corrected chi connectivity index (χ1v) is 13.7. The van der Waals surface area contributed by atoms with E-state index in [4.69, 9.17) is 18.9 Å². The predicted molar refractivity (Wildman–Crippen MR) is 147 cm³/mol. The maximum Gasteiger partial charge on any atom is 0.408 e. The molecule has 0 aromatic heterocycles. The van der Waals surface area contributed by atoms with Gasteiger partial charge in [-0.25, -0.2) is 9.59 Å². The zero-order chi connectivity index (χ0) is 27.6. The number of ether oxygens (including phenoxy) is 4. The number of amides is 2. The van der Waals surface area contributed by atoms with Gasteiger partial charge in [0.15, 0.2) is 0 Å². The molecule has 0 bridgehead atoms. The third-order valence-corrected chi connectivity index (χ3v) is 7.73. The second-order valence-corrected chi connectivity index (χ2v) is 11.8. The van der Waals surface area contributed by atoms with Crippen LogP contribution >= 0.6 is 0 Å². The lowest BCUT2D eigenvalue weighted by atomic mass is 9.85. The average molecular weight is 538 g/mol. The molecule has 3 heterocycles. The van der Waals surface area contributed by atoms with Crippen molar-refractivity contribution in [1.82, 2.24) is 10.6 Å². The number of carbonyl (C=O) groups excluding carboxylic acids is 2. The molecule has 2 aromatic carbocycles. The van der Waals surface area contributed by atoms with E-state index in [1.54, 1.807) is 0 Å². The van der Waals surface area contributed by atoms with Crippen molar-refractivity contribution in [2.75, 3.05) is 31.2 Å². The van der Waals surface area contributed by atoms with Crippen LogP contribution in [0, 0.1) is 5.92 Å². The molecule has 3 unspecified atom stereocenters. The predicted octanol–water partition coefficient (Wildman–Crippen LogP) is 4.43. The number of carbonyl (C=O) groups is 2. The Hall–Kier alpha value is -3.46. The maximum absolute atomic E-state index is 12.7. The summed E-state index contributed by atoms with van der Waals surface area (Å²) in [5.41, 5.74) is 1.94. The van der Waals surface area contributed by atoms with Crippen LogP contribution < -0.4 is 20.3 Å². The van der Waals surface area contributed by atoms with E-state index in [-0.39, 0.29) is 18.7 Å². The van der Waals surface area contributed by atoms with Crippen LogP contribution in [0.2, 0.25) is 0 Å². The number of fused-ring (bicyclic) bond motifs is 1. The number of hydrogen-bond acceptors (Lipinski definition) is 7. The summed E-state index contributed by atoms with van der Waals surface area (Å²) in [6.07, 6.45) is 0.730. The van der Waals surface area contributed by atoms with E-state index in [0.717, 1.165) is 29.0 Å². The van der Waals surface area contributed by atoms with Crippen molar-refractivity contribution in [3.63, 3.8) is 0 Å². The molecule has 2 N–H and O–H groups in total. The van der Waals surface area contributed by atoms with Crippen LogP contribution in [0.1, 0.15) is 45.2 Å². The Morgan fingerprint density at radius 1 is 1.10 bits per heavy atom. The Bertz CT molecular complexity index is 1180. The van der Waals surface area contributed by atoms with Crippen molar-refractivity contribution in [1.29, 1.82) is 0 Å². The van der Waals surface area contributed by atoms with Gasteiger partial charge in [0.2, 0.25) is 0 Å². The fraction of sp³-hybridized carbons (Fsp3) is 0.533. The maximum atomic E-state index is 12.7. The lowest BCUT2D eigenvalue weighted by molar-refractivity contribution is -0.0238. The van der Waals surface area contributed by atoms with Gasteiger partial charge in [-0.15, -0.1) is 0 Å². The number of hydrogen-bond donors (Lipinski definition) is 2. The van der Waals surface area contributed by atoms with E-state index in [9.17, 15) is 9.59 Å². The molecule has 9 nitrogen and oxygen atoms in total. The SMILES string of the molecule is CC1CCOC12CN(c1ccc3c(c1)OC[C@H](NC(=O)OCc1ccccc1)C3)CC2NC(=O)OC(C)(C)C. The minimum absolute atomic E-state index is 0.170. The van der Waals surface area contributed by atoms with Gasteiger partial charge in [0.1, 0.15) is 30.2 Å². The minimum Gasteiger partial charge on any atom is -0.491 e. The molecule has 1 spiro atoms. The molecule has 9 heteroatoms. The van der Waals surface area contributed by atoms with Gasteiger partial charge in [0.05, 0.1) is 12.1 Å². The normalized spacial score (nSPS) is 26.1. The van der Waals surface area contributed by atoms with E-state index in [2.05, 4.69) is 28.5 Å². The van der Waals surface area contributed by atoms with Crippen LogP contribution in [0.3, 0.4) is 0 Å². The lowest BCUT2D eigenvalue weighted by Crippen LogP contribution is -2.55. The standard InChI is InChI=1S/C30H39N3O6/c1-20-12-13-38-30(20)19-33(16-26(30)32-28(35)39-29(2,3)4)24-11-10-22-14-23(18-36-25(22)15-24)31-27(34)37-17-21-8-6-5-7-9-21/h5-11,15,20,23,26H,12-14,16-19H2,1-4H3,(H,31,34)(H,32,35)/t20?,23-,26?,30?/m1/s1. The summed E-state index contributed by atoms with van der Waals surface area (Å²) in [6.45, 7) is 10.3. The van der Waals surface area contributed by atoms with Crippen LogP contribution in [0.4, 0.5) is 15.3 Å². The molecule has 39 heavy (non-hydrogen) atoms. The average Bonchev–Trinajstić information content (AvgIpc) is 3.44. The number of anilines is 1. The van der Waals surface area contributed by atoms with Gasteiger partial charge in [0, 0.05) is 31.5 Å². The second kappa shape index (κ2) is 11.0. The zero-order valence-electron chi connectivity index (χ0n) is 23.2. The quantitative estimate of drug-likeness (QED) is 0.583. The highest BCUT2D eigenvalue weighted by Gasteiger charge is 2.55. The number of alkyl carbamates (subject to hydrolysis) is 2. The third kappa shape index (κ3) is 6.24. The molecule has 3 aliphatic heterocycles. The summed E-state index contributed by atoms with van der Waals surface area (Å²) < 4.78 is 23.3. The highest BCUT2D eigenvalue weighted by molar-refractivity contribution is 5.69. The highest BCUT2D eigenvalue weighted by atomic mass is 16.6. The Balaban J connectivity index is 1.21. The first-order valence-electron chi connectivity index (χ1n) is 13.7. The molecule has 2 aromatic rings. The van der Waals surface area contributed by atoms with Gasteiger partial charge in [-0.05, 0) is 56.7 Å². The topological polar surface area (TPSA) is 98.4 Å². The zero-order valence-corrected chi connectivity index (χ0v) is 23.2. The molecular weight excluding hydrogens is 498 g/mol. The molecule has 2 amide bonds. The second-order valence-electron chi connectivity index (χ2n) is 11.8. The molecule has 0 radical (unpaired) electrons. The van der Waals surface area contributed by atoms with Gasteiger partial charge in [-0.1, -0.05) is 43.3 Å². The Labute approximate surface area is 230 Å². The Morgan fingerprint density at radius 3 is 2.62 bits per heavy atom. The molecule has 210 valence electrons. The third-order valence-electron chi connectivity index (χ3n) is 7.73. The summed E-state index contributed by atoms with van der Waals surface area (Å²) in [5, 5.41) is 6.01. The summed E-state index contributed by atoms with van der Waals surface area (Å²) in [5.74, 6) is 1.10. The van der Waals surface area contributed by atoms with Crippen molar-refractivity contribution in [2.45, 2.75) is 70.4 Å². The van der Waals surface area contributed by atoms with Crippen LogP contribution in [0.5, 0.6) is 5.75 Å². The van der Waals surface area contributed by atoms with Gasteiger partial charge in [0.25, 0.3) is 0 Å². The van der Waals surface area contributed by atoms with Crippen LogP contribution in [0.25, 0.3) is 0 Å². The van der Waals surface area contributed by atoms with E-state index in [1.165, 1.54) is 0 Å². The van der Waals surface area contributed by atoms with Crippen LogP contribution in [0.15, 0.2) is 48.5 Å². The fourth-order valence-corrected chi connectivity index (χ4v) is 5.70. The first-order chi connectivity index (χ1) is 18.6. The molecule has 0 saturated carbocycles. The van der Waals surface area contributed by atoms with Crippen molar-refractivity contribution in [3.05, 3.63) is 59.7 Å². The highest BCUT2D eigenvalue weighted by Crippen LogP contribution is 2.42. The summed E-state index contributed by atoms with van der Waals surface area (Å²) in [4.78, 5) is 27.2. The van der Waals surface area contributed by atoms with Crippen molar-refractivity contribution in [3.8, 4) is 5.75 Å². The molecule has 0 aliphatic carbocycles. The molecule has 4 atom stereocenters. The number of benzene rings is 2. The summed E-state index contributed by atoms with van der Waals surface area (Å²) in [6, 6.07) is 15.4. The minimum atomic E-state index is -0.571. The van der Waals surface area contributed by atoms with Crippen LogP contribution in [-0.4, -0.2) is 61.8 Å². The first kappa shape index (κ1) is 27.1. The Kier molecular flexibility index (Phi) is 7.62. The van der Waals surface area contributed by atoms with Gasteiger partial charge < -0.3 is 34.5 Å². The molecule has 5 rings (SSSR count). The Morgan fingerprint density at radius 2 is 1.90 bits per heavy atom. The van der Waals surface area contributed by atoms with Crippen molar-refractivity contribution < 1.29 is 28.5 Å². The van der Waals surface area contributed by atoms with Gasteiger partial charge >= 0.3 is 12.2 Å². The van der Waals surface area contributed by atoms with Crippen molar-refractivity contribution in [2.24, 2.45) is 5.92 Å². The molecule has 3 aliphatic rings. The van der Waals surface area contributed by atoms with E-state index in [1.807, 2.05) is 63.2 Å². The number of rotatable bonds is 5. The molecular formula is C30H39N3O6. The summed E-state index contributed by atoms with van der Waals surface area (Å²) >= 11 is 0. The summed E-state index contributed by atoms with van der Waals surface area (Å²) in [7, 11) is 0. The molecule has 2 saturated heterocycles. The fourth-order valence-electron chi connectivity index (χ4n) is 5.70. The smallest absolute Gasteiger partial charge is 0.408 e. The van der Waals surface area contributed by atoms with Crippen molar-refractivity contribution >= 4 is 17.9 Å². The van der Waals surface area contributed by atoms with Crippen LogP contribution in [-0.2, 0) is 27.2 Å².